The summed E-state index contributed by atoms with van der Waals surface area (Å²) in [5.74, 6) is 0.444. The van der Waals surface area contributed by atoms with Crippen molar-refractivity contribution in [3.05, 3.63) is 64.1 Å². The van der Waals surface area contributed by atoms with Crippen molar-refractivity contribution in [1.29, 1.82) is 0 Å². The molecule has 1 heterocycles. The molecule has 8 nitrogen and oxygen atoms in total. The number of amides is 3. The van der Waals surface area contributed by atoms with Crippen molar-refractivity contribution in [2.75, 3.05) is 20.8 Å². The van der Waals surface area contributed by atoms with E-state index >= 15 is 0 Å². The Hall–Kier alpha value is -3.37. The summed E-state index contributed by atoms with van der Waals surface area (Å²) in [6.07, 6.45) is 4.13. The van der Waals surface area contributed by atoms with Gasteiger partial charge in [-0.2, -0.15) is 0 Å². The van der Waals surface area contributed by atoms with Gasteiger partial charge in [-0.3, -0.25) is 30.1 Å². The van der Waals surface area contributed by atoms with Crippen LogP contribution in [-0.4, -0.2) is 47.7 Å². The molecule has 0 unspecified atom stereocenters. The molecule has 0 saturated carbocycles. The Kier molecular flexibility index (Phi) is 9.89. The zero-order valence-corrected chi connectivity index (χ0v) is 22.1. The molecule has 0 atom stereocenters. The van der Waals surface area contributed by atoms with Crippen molar-refractivity contribution in [3.63, 3.8) is 0 Å². The van der Waals surface area contributed by atoms with Crippen molar-refractivity contribution in [3.8, 4) is 11.5 Å². The molecule has 0 aromatic heterocycles. The van der Waals surface area contributed by atoms with Crippen LogP contribution in [0.25, 0.3) is 6.08 Å². The van der Waals surface area contributed by atoms with Crippen LogP contribution in [0.5, 0.6) is 11.5 Å². The number of nitrogens with one attached hydrogen (secondary N) is 2. The fourth-order valence-corrected chi connectivity index (χ4v) is 4.79. The van der Waals surface area contributed by atoms with Crippen LogP contribution < -0.4 is 20.3 Å². The van der Waals surface area contributed by atoms with Gasteiger partial charge in [-0.25, -0.2) is 0 Å². The van der Waals surface area contributed by atoms with Crippen molar-refractivity contribution in [1.82, 2.24) is 15.8 Å². The van der Waals surface area contributed by atoms with Gasteiger partial charge in [0.1, 0.15) is 4.32 Å². The largest absolute Gasteiger partial charge is 0.493 e. The summed E-state index contributed by atoms with van der Waals surface area (Å²) in [4.78, 5) is 39.1. The third kappa shape index (κ3) is 7.32. The number of hydrogen-bond donors (Lipinski definition) is 2. The smallest absolute Gasteiger partial charge is 0.269 e. The third-order valence-electron chi connectivity index (χ3n) is 5.49. The van der Waals surface area contributed by atoms with E-state index in [2.05, 4.69) is 10.9 Å². The van der Waals surface area contributed by atoms with Gasteiger partial charge in [0.25, 0.3) is 11.8 Å². The van der Waals surface area contributed by atoms with E-state index in [9.17, 15) is 14.4 Å². The van der Waals surface area contributed by atoms with E-state index in [1.54, 1.807) is 49.5 Å². The highest BCUT2D eigenvalue weighted by Crippen LogP contribution is 2.34. The molecule has 1 fully saturated rings. The minimum Gasteiger partial charge on any atom is -0.493 e. The summed E-state index contributed by atoms with van der Waals surface area (Å²) < 4.78 is 11.1. The molecule has 1 aliphatic rings. The third-order valence-corrected chi connectivity index (χ3v) is 6.87. The van der Waals surface area contributed by atoms with E-state index in [1.807, 2.05) is 25.1 Å². The zero-order chi connectivity index (χ0) is 26.1. The van der Waals surface area contributed by atoms with Gasteiger partial charge in [0.15, 0.2) is 11.5 Å². The van der Waals surface area contributed by atoms with Crippen LogP contribution >= 0.6 is 24.0 Å². The predicted molar refractivity (Wildman–Crippen MR) is 145 cm³/mol. The zero-order valence-electron chi connectivity index (χ0n) is 20.5. The summed E-state index contributed by atoms with van der Waals surface area (Å²) in [7, 11) is 3.13. The number of nitrogens with zero attached hydrogens (tertiary/aromatic N) is 1. The molecule has 0 aliphatic carbocycles. The molecule has 36 heavy (non-hydrogen) atoms. The van der Waals surface area contributed by atoms with Gasteiger partial charge in [-0.1, -0.05) is 54.2 Å². The first-order chi connectivity index (χ1) is 17.3. The Morgan fingerprint density at radius 1 is 1.00 bits per heavy atom. The van der Waals surface area contributed by atoms with Crippen molar-refractivity contribution in [2.45, 2.75) is 32.6 Å². The highest BCUT2D eigenvalue weighted by atomic mass is 32.2. The van der Waals surface area contributed by atoms with Gasteiger partial charge in [-0.15, -0.1) is 0 Å². The lowest BCUT2D eigenvalue weighted by Gasteiger charge is -2.14. The highest BCUT2D eigenvalue weighted by Gasteiger charge is 2.31. The molecule has 2 aromatic rings. The van der Waals surface area contributed by atoms with Crippen LogP contribution in [0.3, 0.4) is 0 Å². The maximum absolute atomic E-state index is 12.8. The molecule has 0 spiro atoms. The van der Waals surface area contributed by atoms with Crippen LogP contribution in [0.1, 0.15) is 47.2 Å². The van der Waals surface area contributed by atoms with Gasteiger partial charge in [0.2, 0.25) is 5.91 Å². The van der Waals surface area contributed by atoms with Gasteiger partial charge >= 0.3 is 0 Å². The van der Waals surface area contributed by atoms with Gasteiger partial charge in [0.05, 0.1) is 19.1 Å². The standard InChI is InChI=1S/C26H29N3O5S2/c1-17-8-11-19(12-9-17)24(31)28-27-23(30)7-5-4-6-14-29-25(32)22(36-26(29)35)16-18-10-13-20(33-2)21(15-18)34-3/h8-13,15-16H,4-7,14H2,1-3H3,(H,27,30)(H,28,31). The number of carbonyl (C=O) groups excluding carboxylic acids is 3. The summed E-state index contributed by atoms with van der Waals surface area (Å²) in [6, 6.07) is 12.5. The number of ether oxygens (including phenoxy) is 2. The first-order valence-electron chi connectivity index (χ1n) is 11.5. The molecule has 3 rings (SSSR count). The topological polar surface area (TPSA) is 97.0 Å². The molecule has 1 aliphatic heterocycles. The Morgan fingerprint density at radius 3 is 2.42 bits per heavy atom. The Bertz CT molecular complexity index is 1160. The maximum Gasteiger partial charge on any atom is 0.269 e. The van der Waals surface area contributed by atoms with Gasteiger partial charge in [-0.05, 0) is 55.7 Å². The summed E-state index contributed by atoms with van der Waals surface area (Å²) in [6.45, 7) is 2.42. The first kappa shape index (κ1) is 27.2. The average Bonchev–Trinajstić information content (AvgIpc) is 3.14. The fourth-order valence-electron chi connectivity index (χ4n) is 3.49. The second kappa shape index (κ2) is 13.1. The summed E-state index contributed by atoms with van der Waals surface area (Å²) >= 11 is 6.67. The molecular weight excluding hydrogens is 498 g/mol. The normalized spacial score (nSPS) is 14.2. The number of aryl methyl sites for hydroxylation is 1. The monoisotopic (exact) mass is 527 g/mol. The number of carbonyl (C=O) groups is 3. The van der Waals surface area contributed by atoms with Crippen molar-refractivity contribution < 1.29 is 23.9 Å². The second-order valence-electron chi connectivity index (χ2n) is 8.13. The Balaban J connectivity index is 1.40. The van der Waals surface area contributed by atoms with E-state index in [4.69, 9.17) is 21.7 Å². The number of unbranched alkanes of at least 4 members (excludes halogenated alkanes) is 2. The van der Waals surface area contributed by atoms with Crippen LogP contribution in [0.2, 0.25) is 0 Å². The van der Waals surface area contributed by atoms with E-state index in [0.29, 0.717) is 45.7 Å². The van der Waals surface area contributed by atoms with E-state index in [1.165, 1.54) is 11.8 Å². The average molecular weight is 528 g/mol. The highest BCUT2D eigenvalue weighted by molar-refractivity contribution is 8.26. The molecule has 2 aromatic carbocycles. The second-order valence-corrected chi connectivity index (χ2v) is 9.80. The summed E-state index contributed by atoms with van der Waals surface area (Å²) in [5, 5.41) is 0. The lowest BCUT2D eigenvalue weighted by Crippen LogP contribution is -2.41. The molecule has 0 bridgehead atoms. The number of methoxy groups -OCH3 is 2. The van der Waals surface area contributed by atoms with Crippen LogP contribution in [0, 0.1) is 6.92 Å². The summed E-state index contributed by atoms with van der Waals surface area (Å²) in [5.41, 5.74) is 7.20. The number of benzene rings is 2. The molecule has 2 N–H and O–H groups in total. The predicted octanol–water partition coefficient (Wildman–Crippen LogP) is 4.24. The SMILES string of the molecule is COc1ccc(C=C2SC(=S)N(CCCCCC(=O)NNC(=O)c3ccc(C)cc3)C2=O)cc1OC. The molecular formula is C26H29N3O5S2. The molecule has 10 heteroatoms. The first-order valence-corrected chi connectivity index (χ1v) is 12.7. The van der Waals surface area contributed by atoms with E-state index < -0.39 is 0 Å². The molecule has 3 amide bonds. The van der Waals surface area contributed by atoms with Gasteiger partial charge in [0, 0.05) is 18.5 Å². The minimum absolute atomic E-state index is 0.128. The maximum atomic E-state index is 12.8. The van der Waals surface area contributed by atoms with Crippen molar-refractivity contribution >= 4 is 52.1 Å². The van der Waals surface area contributed by atoms with E-state index in [-0.39, 0.29) is 24.1 Å². The number of thiocarbonyl (C=S) groups is 1. The van der Waals surface area contributed by atoms with Crippen LogP contribution in [0.4, 0.5) is 0 Å². The minimum atomic E-state index is -0.362. The van der Waals surface area contributed by atoms with Crippen LogP contribution in [0.15, 0.2) is 47.4 Å². The Morgan fingerprint density at radius 2 is 1.72 bits per heavy atom. The van der Waals surface area contributed by atoms with Crippen molar-refractivity contribution in [2.24, 2.45) is 0 Å². The number of hydrazine groups is 1. The fraction of sp³-hybridized carbons (Fsp3) is 0.308. The van der Waals surface area contributed by atoms with E-state index in [0.717, 1.165) is 17.5 Å². The number of rotatable bonds is 10. The molecule has 1 saturated heterocycles. The molecule has 190 valence electrons. The lowest BCUT2D eigenvalue weighted by atomic mass is 10.1. The Labute approximate surface area is 220 Å². The van der Waals surface area contributed by atoms with Crippen LogP contribution in [-0.2, 0) is 9.59 Å². The van der Waals surface area contributed by atoms with Gasteiger partial charge < -0.3 is 9.47 Å². The molecule has 0 radical (unpaired) electrons. The number of hydrogen-bond acceptors (Lipinski definition) is 7. The lowest BCUT2D eigenvalue weighted by molar-refractivity contribution is -0.123. The number of thioether (sulfide) groups is 1. The quantitative estimate of drug-likeness (QED) is 0.207.